The molecule has 8 heteroatoms. The van der Waals surface area contributed by atoms with E-state index in [1.165, 1.54) is 18.2 Å². The molecule has 0 aromatic carbocycles. The van der Waals surface area contributed by atoms with Crippen LogP contribution in [0.5, 0.6) is 0 Å². The van der Waals surface area contributed by atoms with Crippen LogP contribution in [-0.4, -0.2) is 75.1 Å². The van der Waals surface area contributed by atoms with E-state index in [2.05, 4.69) is 0 Å². The number of nitriles is 1. The van der Waals surface area contributed by atoms with Gasteiger partial charge in [-0.2, -0.15) is 5.26 Å². The fraction of sp³-hybridized carbons (Fsp3) is 0.643. The fourth-order valence-corrected chi connectivity index (χ4v) is 2.45. The molecule has 0 bridgehead atoms. The molecule has 2 rings (SSSR count). The van der Waals surface area contributed by atoms with Gasteiger partial charge in [-0.15, -0.1) is 0 Å². The maximum atomic E-state index is 9.93. The molecular weight excluding hydrogens is 294 g/mol. The molecule has 1 aliphatic carbocycles. The zero-order valence-corrected chi connectivity index (χ0v) is 11.7. The molecule has 5 N–H and O–H groups in total. The van der Waals surface area contributed by atoms with Crippen molar-refractivity contribution >= 4 is 0 Å². The number of hydrogen-bond acceptors (Lipinski definition) is 8. The van der Waals surface area contributed by atoms with E-state index in [4.69, 9.17) is 19.8 Å². The van der Waals surface area contributed by atoms with Gasteiger partial charge < -0.3 is 35.0 Å². The second-order valence-corrected chi connectivity index (χ2v) is 5.26. The van der Waals surface area contributed by atoms with Crippen molar-refractivity contribution in [2.45, 2.75) is 49.3 Å². The molecule has 1 fully saturated rings. The topological polar surface area (TPSA) is 143 Å². The number of ether oxygens (including phenoxy) is 2. The summed E-state index contributed by atoms with van der Waals surface area (Å²) in [5.41, 5.74) is 0.491. The highest BCUT2D eigenvalue weighted by atomic mass is 16.7. The van der Waals surface area contributed by atoms with Crippen LogP contribution >= 0.6 is 0 Å². The molecule has 0 saturated carbocycles. The highest BCUT2D eigenvalue weighted by molar-refractivity contribution is 5.32. The monoisotopic (exact) mass is 313 g/mol. The van der Waals surface area contributed by atoms with Crippen molar-refractivity contribution < 1.29 is 35.0 Å². The molecule has 2 aliphatic rings. The smallest absolute Gasteiger partial charge is 0.187 e. The fourth-order valence-electron chi connectivity index (χ4n) is 2.45. The summed E-state index contributed by atoms with van der Waals surface area (Å²) in [5, 5.41) is 56.9. The van der Waals surface area contributed by atoms with Gasteiger partial charge in [-0.25, -0.2) is 0 Å². The molecule has 0 aromatic heterocycles. The van der Waals surface area contributed by atoms with Gasteiger partial charge in [-0.3, -0.25) is 0 Å². The largest absolute Gasteiger partial charge is 0.394 e. The Balaban J connectivity index is 2.12. The minimum Gasteiger partial charge on any atom is -0.394 e. The Morgan fingerprint density at radius 3 is 2.64 bits per heavy atom. The first-order valence-corrected chi connectivity index (χ1v) is 6.89. The molecule has 0 spiro atoms. The molecule has 8 nitrogen and oxygen atoms in total. The predicted molar refractivity (Wildman–Crippen MR) is 72.1 cm³/mol. The van der Waals surface area contributed by atoms with Gasteiger partial charge in [0.05, 0.1) is 24.9 Å². The first-order chi connectivity index (χ1) is 10.5. The van der Waals surface area contributed by atoms with Crippen LogP contribution in [0.25, 0.3) is 0 Å². The van der Waals surface area contributed by atoms with Gasteiger partial charge in [0, 0.05) is 12.5 Å². The Kier molecular flexibility index (Phi) is 5.66. The van der Waals surface area contributed by atoms with Gasteiger partial charge in [-0.05, 0) is 5.57 Å². The lowest BCUT2D eigenvalue weighted by molar-refractivity contribution is -0.309. The van der Waals surface area contributed by atoms with Crippen molar-refractivity contribution in [3.05, 3.63) is 23.8 Å². The average molecular weight is 313 g/mol. The zero-order chi connectivity index (χ0) is 16.3. The van der Waals surface area contributed by atoms with Crippen LogP contribution in [0.2, 0.25) is 0 Å². The van der Waals surface area contributed by atoms with Crippen LogP contribution in [0.4, 0.5) is 0 Å². The van der Waals surface area contributed by atoms with E-state index >= 15 is 0 Å². The van der Waals surface area contributed by atoms with Crippen molar-refractivity contribution in [3.8, 4) is 6.07 Å². The molecule has 22 heavy (non-hydrogen) atoms. The normalized spacial score (nSPS) is 44.0. The molecular formula is C14H19NO7. The van der Waals surface area contributed by atoms with Crippen molar-refractivity contribution in [2.75, 3.05) is 6.61 Å². The summed E-state index contributed by atoms with van der Waals surface area (Å²) in [6.45, 7) is -0.557. The molecule has 0 radical (unpaired) electrons. The van der Waals surface area contributed by atoms with Crippen LogP contribution in [-0.2, 0) is 9.47 Å². The van der Waals surface area contributed by atoms with Crippen LogP contribution in [0, 0.1) is 11.3 Å². The average Bonchev–Trinajstić information content (AvgIpc) is 2.50. The summed E-state index contributed by atoms with van der Waals surface area (Å²) in [6.07, 6.45) is -3.96. The minimum absolute atomic E-state index is 0.152. The van der Waals surface area contributed by atoms with Gasteiger partial charge in [0.25, 0.3) is 0 Å². The molecule has 1 saturated heterocycles. The Bertz CT molecular complexity index is 484. The van der Waals surface area contributed by atoms with Crippen molar-refractivity contribution in [1.82, 2.24) is 0 Å². The summed E-state index contributed by atoms with van der Waals surface area (Å²) in [7, 11) is 0. The Morgan fingerprint density at radius 1 is 1.27 bits per heavy atom. The Morgan fingerprint density at radius 2 is 2.00 bits per heavy atom. The van der Waals surface area contributed by atoms with Gasteiger partial charge in [0.15, 0.2) is 6.29 Å². The third-order valence-electron chi connectivity index (χ3n) is 3.72. The number of nitrogens with zero attached hydrogens (tertiary/aromatic N) is 1. The molecule has 1 aliphatic heterocycles. The lowest BCUT2D eigenvalue weighted by Crippen LogP contribution is -2.59. The lowest BCUT2D eigenvalue weighted by atomic mass is 9.95. The maximum absolute atomic E-state index is 9.93. The van der Waals surface area contributed by atoms with E-state index in [9.17, 15) is 20.4 Å². The summed E-state index contributed by atoms with van der Waals surface area (Å²) >= 11 is 0. The number of aliphatic hydroxyl groups is 5. The third-order valence-corrected chi connectivity index (χ3v) is 3.72. The number of hydrogen-bond donors (Lipinski definition) is 5. The lowest BCUT2D eigenvalue weighted by Gasteiger charge is -2.41. The Hall–Kier alpha value is -1.31. The van der Waals surface area contributed by atoms with Crippen LogP contribution in [0.3, 0.4) is 0 Å². The molecule has 7 unspecified atom stereocenters. The predicted octanol–water partition coefficient (Wildman–Crippen LogP) is -2.06. The van der Waals surface area contributed by atoms with E-state index in [1.54, 1.807) is 0 Å². The van der Waals surface area contributed by atoms with Crippen LogP contribution in [0.1, 0.15) is 6.42 Å². The van der Waals surface area contributed by atoms with E-state index in [1.807, 2.05) is 6.07 Å². The van der Waals surface area contributed by atoms with Gasteiger partial charge in [-0.1, -0.05) is 12.2 Å². The number of aliphatic hydroxyl groups excluding tert-OH is 5. The van der Waals surface area contributed by atoms with E-state index in [0.29, 0.717) is 5.57 Å². The SMILES string of the molecule is N#C/C=C1\C=CC(O)CC1OC1OC(CO)C(O)C(O)C1O. The Labute approximate surface area is 127 Å². The summed E-state index contributed by atoms with van der Waals surface area (Å²) < 4.78 is 10.8. The van der Waals surface area contributed by atoms with Gasteiger partial charge >= 0.3 is 0 Å². The standard InChI is InChI=1S/C14H19NO7/c15-4-3-7-1-2-8(17)5-9(7)21-14-13(20)12(19)11(18)10(6-16)22-14/h1-3,8-14,16-20H,5-6H2/b7-3+. The highest BCUT2D eigenvalue weighted by Crippen LogP contribution is 2.28. The summed E-state index contributed by atoms with van der Waals surface area (Å²) in [5.74, 6) is 0. The quantitative estimate of drug-likeness (QED) is 0.374. The molecule has 122 valence electrons. The zero-order valence-electron chi connectivity index (χ0n) is 11.7. The second kappa shape index (κ2) is 7.30. The molecule has 7 atom stereocenters. The van der Waals surface area contributed by atoms with Gasteiger partial charge in [0.1, 0.15) is 24.4 Å². The third kappa shape index (κ3) is 3.53. The first kappa shape index (κ1) is 17.1. The maximum Gasteiger partial charge on any atom is 0.187 e. The van der Waals surface area contributed by atoms with Crippen LogP contribution < -0.4 is 0 Å². The highest BCUT2D eigenvalue weighted by Gasteiger charge is 2.45. The van der Waals surface area contributed by atoms with Crippen molar-refractivity contribution in [2.24, 2.45) is 0 Å². The second-order valence-electron chi connectivity index (χ2n) is 5.26. The number of allylic oxidation sites excluding steroid dienone is 1. The molecule has 0 aromatic rings. The van der Waals surface area contributed by atoms with Crippen LogP contribution in [0.15, 0.2) is 23.8 Å². The number of rotatable bonds is 3. The minimum atomic E-state index is -1.54. The molecule has 0 amide bonds. The molecule has 1 heterocycles. The van der Waals surface area contributed by atoms with Crippen molar-refractivity contribution in [3.63, 3.8) is 0 Å². The van der Waals surface area contributed by atoms with E-state index in [-0.39, 0.29) is 6.42 Å². The van der Waals surface area contributed by atoms with E-state index in [0.717, 1.165) is 0 Å². The van der Waals surface area contributed by atoms with E-state index < -0.39 is 49.5 Å². The summed E-state index contributed by atoms with van der Waals surface area (Å²) in [6, 6.07) is 1.86. The first-order valence-electron chi connectivity index (χ1n) is 6.89. The summed E-state index contributed by atoms with van der Waals surface area (Å²) in [4.78, 5) is 0. The van der Waals surface area contributed by atoms with Gasteiger partial charge in [0.2, 0.25) is 0 Å². The van der Waals surface area contributed by atoms with Crippen molar-refractivity contribution in [1.29, 1.82) is 5.26 Å².